The van der Waals surface area contributed by atoms with Crippen LogP contribution in [0.4, 0.5) is 5.69 Å². The molecule has 2 heterocycles. The number of sulfonamides is 1. The van der Waals surface area contributed by atoms with E-state index in [0.717, 1.165) is 11.5 Å². The molecule has 2 aromatic rings. The zero-order valence-corrected chi connectivity index (χ0v) is 19.0. The molecule has 1 aliphatic rings. The number of hydrogen-bond acceptors (Lipinski definition) is 5. The fraction of sp³-hybridized carbons (Fsp3) is 0.368. The van der Waals surface area contributed by atoms with Gasteiger partial charge >= 0.3 is 0 Å². The number of amides is 2. The number of rotatable bonds is 6. The molecule has 0 aliphatic carbocycles. The van der Waals surface area contributed by atoms with Gasteiger partial charge < -0.3 is 15.6 Å². The van der Waals surface area contributed by atoms with Gasteiger partial charge in [-0.3, -0.25) is 9.59 Å². The maximum atomic E-state index is 12.8. The second-order valence-electron chi connectivity index (χ2n) is 7.04. The highest BCUT2D eigenvalue weighted by Gasteiger charge is 2.28. The molecule has 0 radical (unpaired) electrons. The number of nitrogens with zero attached hydrogens (tertiary/aromatic N) is 1. The summed E-state index contributed by atoms with van der Waals surface area (Å²) < 4.78 is 26.9. The van der Waals surface area contributed by atoms with Crippen molar-refractivity contribution >= 4 is 50.9 Å². The third-order valence-electron chi connectivity index (χ3n) is 4.40. The minimum absolute atomic E-state index is 0.0309. The normalized spacial score (nSPS) is 15.2. The largest absolute Gasteiger partial charge is 0.356 e. The SMILES string of the molecule is CC(C)NC(=O)c1ccc(Cl)cc1NC(=O)c1cc(S(=O)(=O)N2CCSCC2)c[nH]1. The van der Waals surface area contributed by atoms with E-state index in [9.17, 15) is 18.0 Å². The van der Waals surface area contributed by atoms with Crippen molar-refractivity contribution in [1.82, 2.24) is 14.6 Å². The van der Waals surface area contributed by atoms with E-state index in [-0.39, 0.29) is 33.8 Å². The standard InChI is InChI=1S/C19H23ClN4O4S2/c1-12(2)22-18(25)15-4-3-13(20)9-16(15)23-19(26)17-10-14(11-21-17)30(27,28)24-5-7-29-8-6-24/h3-4,9-12,21H,5-8H2,1-2H3,(H,22,25)(H,23,26). The fourth-order valence-electron chi connectivity index (χ4n) is 2.94. The summed E-state index contributed by atoms with van der Waals surface area (Å²) in [6.07, 6.45) is 1.30. The van der Waals surface area contributed by atoms with Gasteiger partial charge in [0.05, 0.1) is 11.3 Å². The highest BCUT2D eigenvalue weighted by molar-refractivity contribution is 7.99. The zero-order chi connectivity index (χ0) is 21.9. The first-order valence-corrected chi connectivity index (χ1v) is 12.3. The van der Waals surface area contributed by atoms with Crippen molar-refractivity contribution in [3.63, 3.8) is 0 Å². The predicted octanol–water partition coefficient (Wildman–Crippen LogP) is 2.80. The van der Waals surface area contributed by atoms with E-state index in [2.05, 4.69) is 15.6 Å². The summed E-state index contributed by atoms with van der Waals surface area (Å²) in [5.41, 5.74) is 0.555. The first kappa shape index (κ1) is 22.7. The summed E-state index contributed by atoms with van der Waals surface area (Å²) in [4.78, 5) is 27.9. The second-order valence-corrected chi connectivity index (χ2v) is 10.6. The molecule has 0 unspecified atom stereocenters. The molecule has 162 valence electrons. The first-order valence-electron chi connectivity index (χ1n) is 9.36. The molecule has 3 rings (SSSR count). The van der Waals surface area contributed by atoms with Crippen molar-refractivity contribution in [3.05, 3.63) is 46.7 Å². The smallest absolute Gasteiger partial charge is 0.272 e. The van der Waals surface area contributed by atoms with Gasteiger partial charge in [0.25, 0.3) is 11.8 Å². The molecule has 30 heavy (non-hydrogen) atoms. The van der Waals surface area contributed by atoms with Crippen LogP contribution in [0, 0.1) is 0 Å². The third kappa shape index (κ3) is 5.18. The molecule has 0 spiro atoms. The summed E-state index contributed by atoms with van der Waals surface area (Å²) in [5.74, 6) is 0.557. The summed E-state index contributed by atoms with van der Waals surface area (Å²) in [5, 5.41) is 5.75. The van der Waals surface area contributed by atoms with E-state index in [1.54, 1.807) is 17.8 Å². The molecule has 1 fully saturated rings. The van der Waals surface area contributed by atoms with E-state index in [1.807, 2.05) is 13.8 Å². The van der Waals surface area contributed by atoms with Crippen LogP contribution in [0.2, 0.25) is 5.02 Å². The first-order chi connectivity index (χ1) is 14.2. The molecular weight excluding hydrogens is 448 g/mol. The molecule has 0 saturated carbocycles. The molecule has 3 N–H and O–H groups in total. The Hall–Kier alpha value is -2.01. The van der Waals surface area contributed by atoms with Gasteiger partial charge in [-0.25, -0.2) is 8.42 Å². The van der Waals surface area contributed by atoms with Crippen LogP contribution >= 0.6 is 23.4 Å². The van der Waals surface area contributed by atoms with Gasteiger partial charge in [-0.05, 0) is 38.1 Å². The number of aromatic nitrogens is 1. The van der Waals surface area contributed by atoms with Crippen LogP contribution < -0.4 is 10.6 Å². The summed E-state index contributed by atoms with van der Waals surface area (Å²) in [6, 6.07) is 5.77. The van der Waals surface area contributed by atoms with Crippen LogP contribution in [-0.2, 0) is 10.0 Å². The van der Waals surface area contributed by atoms with E-state index < -0.39 is 15.9 Å². The average Bonchev–Trinajstić information content (AvgIpc) is 3.19. The molecular formula is C19H23ClN4O4S2. The number of thioether (sulfide) groups is 1. The molecule has 0 atom stereocenters. The Bertz CT molecular complexity index is 1050. The quantitative estimate of drug-likeness (QED) is 0.601. The van der Waals surface area contributed by atoms with Crippen LogP contribution in [0.5, 0.6) is 0 Å². The number of aromatic amines is 1. The minimum Gasteiger partial charge on any atom is -0.356 e. The van der Waals surface area contributed by atoms with Crippen LogP contribution in [0.25, 0.3) is 0 Å². The molecule has 1 aliphatic heterocycles. The van der Waals surface area contributed by atoms with Crippen LogP contribution in [0.3, 0.4) is 0 Å². The highest BCUT2D eigenvalue weighted by Crippen LogP contribution is 2.24. The van der Waals surface area contributed by atoms with Crippen molar-refractivity contribution in [2.45, 2.75) is 24.8 Å². The van der Waals surface area contributed by atoms with E-state index in [4.69, 9.17) is 11.6 Å². The number of hydrogen-bond donors (Lipinski definition) is 3. The van der Waals surface area contributed by atoms with Gasteiger partial charge in [0.1, 0.15) is 10.6 Å². The summed E-state index contributed by atoms with van der Waals surface area (Å²) in [7, 11) is -3.67. The van der Waals surface area contributed by atoms with Crippen molar-refractivity contribution in [3.8, 4) is 0 Å². The Balaban J connectivity index is 1.81. The molecule has 2 amide bonds. The fourth-order valence-corrected chi connectivity index (χ4v) is 5.68. The van der Waals surface area contributed by atoms with E-state index in [1.165, 1.54) is 28.7 Å². The summed E-state index contributed by atoms with van der Waals surface area (Å²) in [6.45, 7) is 4.54. The Morgan fingerprint density at radius 2 is 1.87 bits per heavy atom. The van der Waals surface area contributed by atoms with Gasteiger partial charge in [-0.1, -0.05) is 11.6 Å². The Morgan fingerprint density at radius 3 is 2.53 bits per heavy atom. The number of carbonyl (C=O) groups excluding carboxylic acids is 2. The topological polar surface area (TPSA) is 111 Å². The van der Waals surface area contributed by atoms with Gasteiger partial charge in [0.15, 0.2) is 0 Å². The van der Waals surface area contributed by atoms with Crippen molar-refractivity contribution in [1.29, 1.82) is 0 Å². The highest BCUT2D eigenvalue weighted by atomic mass is 35.5. The van der Waals surface area contributed by atoms with Crippen LogP contribution in [0.15, 0.2) is 35.4 Å². The number of halogens is 1. The lowest BCUT2D eigenvalue weighted by Gasteiger charge is -2.24. The van der Waals surface area contributed by atoms with Crippen molar-refractivity contribution in [2.24, 2.45) is 0 Å². The lowest BCUT2D eigenvalue weighted by molar-refractivity contribution is 0.0944. The van der Waals surface area contributed by atoms with Gasteiger partial charge in [-0.2, -0.15) is 16.1 Å². The molecule has 0 bridgehead atoms. The Kier molecular flexibility index (Phi) is 7.12. The number of H-pyrrole nitrogens is 1. The van der Waals surface area contributed by atoms with Crippen molar-refractivity contribution < 1.29 is 18.0 Å². The Labute approximate surface area is 184 Å². The van der Waals surface area contributed by atoms with Gasteiger partial charge in [0, 0.05) is 41.9 Å². The van der Waals surface area contributed by atoms with E-state index >= 15 is 0 Å². The molecule has 1 aromatic carbocycles. The zero-order valence-electron chi connectivity index (χ0n) is 16.6. The third-order valence-corrected chi connectivity index (χ3v) is 7.46. The predicted molar refractivity (Wildman–Crippen MR) is 119 cm³/mol. The number of carbonyl (C=O) groups is 2. The van der Waals surface area contributed by atoms with Gasteiger partial charge in [-0.15, -0.1) is 0 Å². The Morgan fingerprint density at radius 1 is 1.17 bits per heavy atom. The van der Waals surface area contributed by atoms with Gasteiger partial charge in [0.2, 0.25) is 10.0 Å². The lowest BCUT2D eigenvalue weighted by atomic mass is 10.1. The molecule has 8 nitrogen and oxygen atoms in total. The molecule has 11 heteroatoms. The maximum absolute atomic E-state index is 12.8. The average molecular weight is 471 g/mol. The number of anilines is 1. The molecule has 1 saturated heterocycles. The number of benzene rings is 1. The minimum atomic E-state index is -3.67. The van der Waals surface area contributed by atoms with Crippen molar-refractivity contribution in [2.75, 3.05) is 29.9 Å². The molecule has 1 aromatic heterocycles. The lowest BCUT2D eigenvalue weighted by Crippen LogP contribution is -2.37. The van der Waals surface area contributed by atoms with Crippen LogP contribution in [-0.4, -0.2) is 60.2 Å². The summed E-state index contributed by atoms with van der Waals surface area (Å²) >= 11 is 7.74. The number of nitrogens with one attached hydrogen (secondary N) is 3. The van der Waals surface area contributed by atoms with E-state index in [0.29, 0.717) is 18.1 Å². The second kappa shape index (κ2) is 9.42. The monoisotopic (exact) mass is 470 g/mol. The van der Waals surface area contributed by atoms with Crippen LogP contribution in [0.1, 0.15) is 34.7 Å². The maximum Gasteiger partial charge on any atom is 0.272 e.